The summed E-state index contributed by atoms with van der Waals surface area (Å²) in [6, 6.07) is 3.33. The van der Waals surface area contributed by atoms with Gasteiger partial charge in [-0.25, -0.2) is 0 Å². The fraction of sp³-hybridized carbons (Fsp3) is 0. The largest absolute Gasteiger partial charge is 0.316 e. The van der Waals surface area contributed by atoms with Crippen LogP contribution in [0.1, 0.15) is 0 Å². The summed E-state index contributed by atoms with van der Waals surface area (Å²) in [5.41, 5.74) is 0.983. The van der Waals surface area contributed by atoms with Gasteiger partial charge in [-0.15, -0.1) is 5.10 Å². The van der Waals surface area contributed by atoms with Crippen LogP contribution in [0.25, 0.3) is 11.2 Å². The van der Waals surface area contributed by atoms with Gasteiger partial charge in [-0.05, 0) is 12.1 Å². The zero-order valence-corrected chi connectivity index (χ0v) is 5.54. The first kappa shape index (κ1) is 5.61. The maximum absolute atomic E-state index is 5.55. The molecule has 0 unspecified atom stereocenters. The van der Waals surface area contributed by atoms with E-state index in [-0.39, 0.29) is 0 Å². The molecule has 0 radical (unpaired) electrons. The predicted octanol–water partition coefficient (Wildman–Crippen LogP) is 1.27. The third-order valence-corrected chi connectivity index (χ3v) is 1.29. The van der Waals surface area contributed by atoms with Crippen LogP contribution >= 0.6 is 11.6 Å². The van der Waals surface area contributed by atoms with Crippen molar-refractivity contribution in [3.8, 4) is 0 Å². The number of aromatic nitrogens is 3. The number of hydrogen-bond acceptors (Lipinski definition) is 4. The van der Waals surface area contributed by atoms with Gasteiger partial charge in [0.05, 0.1) is 0 Å². The zero-order valence-electron chi connectivity index (χ0n) is 4.78. The summed E-state index contributed by atoms with van der Waals surface area (Å²) in [4.78, 5) is 3.81. The van der Waals surface area contributed by atoms with E-state index in [0.717, 1.165) is 0 Å². The lowest BCUT2D eigenvalue weighted by Gasteiger charge is -1.83. The van der Waals surface area contributed by atoms with Crippen LogP contribution in [0.5, 0.6) is 0 Å². The molecule has 2 aromatic heterocycles. The van der Waals surface area contributed by atoms with Crippen molar-refractivity contribution in [2.24, 2.45) is 0 Å². The minimum absolute atomic E-state index is 0.368. The molecule has 0 spiro atoms. The normalized spacial score (nSPS) is 10.5. The average molecular weight is 156 g/mol. The Kier molecular flexibility index (Phi) is 1.07. The molecule has 0 aliphatic rings. The molecule has 5 heteroatoms. The standard InChI is InChI=1S/C5H2ClN3O/c6-4-2-1-3-5(7-4)10-9-8-3/h1-2H. The molecule has 50 valence electrons. The van der Waals surface area contributed by atoms with E-state index in [0.29, 0.717) is 16.4 Å². The molecular weight excluding hydrogens is 154 g/mol. The van der Waals surface area contributed by atoms with Crippen molar-refractivity contribution in [1.29, 1.82) is 0 Å². The van der Waals surface area contributed by atoms with E-state index in [1.807, 2.05) is 0 Å². The Bertz CT molecular complexity index is 358. The van der Waals surface area contributed by atoms with Crippen molar-refractivity contribution in [3.63, 3.8) is 0 Å². The lowest BCUT2D eigenvalue weighted by molar-refractivity contribution is 0.417. The summed E-state index contributed by atoms with van der Waals surface area (Å²) < 4.78 is 4.64. The number of halogens is 1. The highest BCUT2D eigenvalue weighted by atomic mass is 35.5. The lowest BCUT2D eigenvalue weighted by atomic mass is 10.4. The Balaban J connectivity index is 2.86. The third kappa shape index (κ3) is 0.733. The second kappa shape index (κ2) is 1.91. The van der Waals surface area contributed by atoms with E-state index in [4.69, 9.17) is 11.6 Å². The molecule has 2 heterocycles. The smallest absolute Gasteiger partial charge is 0.280 e. The summed E-state index contributed by atoms with van der Waals surface area (Å²) in [5, 5.41) is 7.30. The fourth-order valence-corrected chi connectivity index (χ4v) is 0.797. The first-order valence-corrected chi connectivity index (χ1v) is 2.99. The Morgan fingerprint density at radius 3 is 3.20 bits per heavy atom. The van der Waals surface area contributed by atoms with Crippen LogP contribution in [-0.2, 0) is 0 Å². The molecule has 4 nitrogen and oxygen atoms in total. The van der Waals surface area contributed by atoms with E-state index in [1.54, 1.807) is 12.1 Å². The number of rotatable bonds is 0. The molecule has 2 rings (SSSR count). The molecule has 0 aliphatic carbocycles. The van der Waals surface area contributed by atoms with Crippen molar-refractivity contribution < 1.29 is 4.52 Å². The topological polar surface area (TPSA) is 51.8 Å². The quantitative estimate of drug-likeness (QED) is 0.538. The molecule has 2 aromatic rings. The molecule has 0 saturated heterocycles. The van der Waals surface area contributed by atoms with Crippen LogP contribution in [-0.4, -0.2) is 15.4 Å². The molecule has 0 fully saturated rings. The first-order chi connectivity index (χ1) is 4.86. The molecule has 0 bridgehead atoms. The van der Waals surface area contributed by atoms with Crippen molar-refractivity contribution in [2.45, 2.75) is 0 Å². The highest BCUT2D eigenvalue weighted by molar-refractivity contribution is 6.29. The second-order valence-electron chi connectivity index (χ2n) is 1.73. The van der Waals surface area contributed by atoms with Crippen LogP contribution in [0.2, 0.25) is 5.15 Å². The van der Waals surface area contributed by atoms with Gasteiger partial charge >= 0.3 is 0 Å². The van der Waals surface area contributed by atoms with Gasteiger partial charge in [-0.2, -0.15) is 4.98 Å². The first-order valence-electron chi connectivity index (χ1n) is 2.61. The molecular formula is C5H2ClN3O. The molecule has 0 N–H and O–H groups in total. The monoisotopic (exact) mass is 155 g/mol. The number of fused-ring (bicyclic) bond motifs is 1. The third-order valence-electron chi connectivity index (χ3n) is 1.08. The van der Waals surface area contributed by atoms with Crippen molar-refractivity contribution in [1.82, 2.24) is 15.4 Å². The molecule has 0 aliphatic heterocycles. The van der Waals surface area contributed by atoms with Crippen LogP contribution in [0.3, 0.4) is 0 Å². The van der Waals surface area contributed by atoms with Crippen LogP contribution in [0.4, 0.5) is 0 Å². The Hall–Kier alpha value is -1.16. The Morgan fingerprint density at radius 2 is 2.30 bits per heavy atom. The van der Waals surface area contributed by atoms with Crippen LogP contribution in [0, 0.1) is 0 Å². The van der Waals surface area contributed by atoms with Gasteiger partial charge in [0.15, 0.2) is 5.52 Å². The van der Waals surface area contributed by atoms with Crippen molar-refractivity contribution in [2.75, 3.05) is 0 Å². The van der Waals surface area contributed by atoms with E-state index in [1.165, 1.54) is 0 Å². The lowest BCUT2D eigenvalue weighted by Crippen LogP contribution is -1.73. The van der Waals surface area contributed by atoms with Gasteiger partial charge in [0.1, 0.15) is 5.15 Å². The number of hydrogen-bond donors (Lipinski definition) is 0. The van der Waals surface area contributed by atoms with Gasteiger partial charge < -0.3 is 4.52 Å². The summed E-state index contributed by atoms with van der Waals surface area (Å²) >= 11 is 5.55. The molecule has 0 aromatic carbocycles. The summed E-state index contributed by atoms with van der Waals surface area (Å²) in [6.07, 6.45) is 0. The zero-order chi connectivity index (χ0) is 6.97. The summed E-state index contributed by atoms with van der Waals surface area (Å²) in [7, 11) is 0. The van der Waals surface area contributed by atoms with E-state index in [9.17, 15) is 0 Å². The minimum atomic E-state index is 0.368. The minimum Gasteiger partial charge on any atom is -0.316 e. The van der Waals surface area contributed by atoms with E-state index >= 15 is 0 Å². The number of nitrogens with zero attached hydrogens (tertiary/aromatic N) is 3. The van der Waals surface area contributed by atoms with Gasteiger partial charge in [0, 0.05) is 5.27 Å². The van der Waals surface area contributed by atoms with Crippen molar-refractivity contribution >= 4 is 22.8 Å². The SMILES string of the molecule is Clc1ccc2nnoc2n1. The highest BCUT2D eigenvalue weighted by Crippen LogP contribution is 2.10. The Morgan fingerprint density at radius 1 is 1.40 bits per heavy atom. The Labute approximate surface area is 60.8 Å². The van der Waals surface area contributed by atoms with Gasteiger partial charge in [0.25, 0.3) is 5.71 Å². The molecule has 0 atom stereocenters. The fourth-order valence-electron chi connectivity index (χ4n) is 0.657. The van der Waals surface area contributed by atoms with E-state index in [2.05, 4.69) is 19.9 Å². The average Bonchev–Trinajstić information content (AvgIpc) is 2.33. The van der Waals surface area contributed by atoms with Gasteiger partial charge in [-0.3, -0.25) is 0 Å². The van der Waals surface area contributed by atoms with Crippen LogP contribution in [0.15, 0.2) is 16.7 Å². The summed E-state index contributed by atoms with van der Waals surface area (Å²) in [6.45, 7) is 0. The van der Waals surface area contributed by atoms with Crippen molar-refractivity contribution in [3.05, 3.63) is 17.3 Å². The maximum Gasteiger partial charge on any atom is 0.280 e. The highest BCUT2D eigenvalue weighted by Gasteiger charge is 1.99. The summed E-state index contributed by atoms with van der Waals surface area (Å²) in [5.74, 6) is 0. The van der Waals surface area contributed by atoms with E-state index < -0.39 is 0 Å². The second-order valence-corrected chi connectivity index (χ2v) is 2.12. The molecule has 10 heavy (non-hydrogen) atoms. The molecule has 0 amide bonds. The molecule has 0 saturated carbocycles. The maximum atomic E-state index is 5.55. The predicted molar refractivity (Wildman–Crippen MR) is 34.6 cm³/mol. The van der Waals surface area contributed by atoms with Gasteiger partial charge in [-0.1, -0.05) is 11.6 Å². The van der Waals surface area contributed by atoms with Gasteiger partial charge in [0.2, 0.25) is 0 Å². The number of pyridine rings is 1. The van der Waals surface area contributed by atoms with Crippen LogP contribution < -0.4 is 0 Å².